The van der Waals surface area contributed by atoms with E-state index in [0.717, 1.165) is 18.9 Å². The Labute approximate surface area is 104 Å². The minimum Gasteiger partial charge on any atom is -0.309 e. The lowest BCUT2D eigenvalue weighted by Gasteiger charge is -2.23. The predicted octanol–water partition coefficient (Wildman–Crippen LogP) is 4.40. The lowest BCUT2D eigenvalue weighted by atomic mass is 9.97. The second-order valence-corrected chi connectivity index (χ2v) is 5.67. The van der Waals surface area contributed by atoms with Crippen molar-refractivity contribution in [1.29, 1.82) is 0 Å². The number of hydrogen-bond donors (Lipinski definition) is 1. The van der Waals surface area contributed by atoms with E-state index in [1.807, 2.05) is 11.3 Å². The lowest BCUT2D eigenvalue weighted by molar-refractivity contribution is 0.382. The first kappa shape index (κ1) is 13.7. The minimum atomic E-state index is 0.551. The largest absolute Gasteiger partial charge is 0.309 e. The molecule has 1 nitrogen and oxygen atoms in total. The summed E-state index contributed by atoms with van der Waals surface area (Å²) in [6, 6.07) is 5.14. The van der Waals surface area contributed by atoms with Crippen LogP contribution in [0.2, 0.25) is 0 Å². The Balaban J connectivity index is 2.74. The highest BCUT2D eigenvalue weighted by molar-refractivity contribution is 7.12. The fourth-order valence-corrected chi connectivity index (χ4v) is 3.03. The average Bonchev–Trinajstić information content (AvgIpc) is 2.77. The molecular weight excluding hydrogens is 214 g/mol. The third kappa shape index (κ3) is 3.60. The van der Waals surface area contributed by atoms with Gasteiger partial charge < -0.3 is 5.32 Å². The van der Waals surface area contributed by atoms with E-state index in [4.69, 9.17) is 0 Å². The summed E-state index contributed by atoms with van der Waals surface area (Å²) in [7, 11) is 0. The maximum atomic E-state index is 3.68. The van der Waals surface area contributed by atoms with E-state index in [0.29, 0.717) is 6.04 Å². The Morgan fingerprint density at radius 2 is 2.00 bits per heavy atom. The van der Waals surface area contributed by atoms with Crippen LogP contribution < -0.4 is 5.32 Å². The molecular formula is C14H25NS. The zero-order valence-electron chi connectivity index (χ0n) is 11.0. The van der Waals surface area contributed by atoms with Gasteiger partial charge in [0.15, 0.2) is 0 Å². The fraction of sp³-hybridized carbons (Fsp3) is 0.714. The van der Waals surface area contributed by atoms with Gasteiger partial charge in [-0.3, -0.25) is 0 Å². The summed E-state index contributed by atoms with van der Waals surface area (Å²) in [5.74, 6) is 0.718. The zero-order valence-corrected chi connectivity index (χ0v) is 11.9. The van der Waals surface area contributed by atoms with Gasteiger partial charge in [-0.1, -0.05) is 34.1 Å². The molecule has 0 fully saturated rings. The van der Waals surface area contributed by atoms with Gasteiger partial charge in [-0.2, -0.15) is 0 Å². The van der Waals surface area contributed by atoms with Crippen molar-refractivity contribution in [2.45, 2.75) is 53.0 Å². The van der Waals surface area contributed by atoms with Crippen LogP contribution in [0, 0.1) is 5.92 Å². The molecule has 16 heavy (non-hydrogen) atoms. The number of thiophene rings is 1. The van der Waals surface area contributed by atoms with Crippen molar-refractivity contribution in [3.05, 3.63) is 21.9 Å². The van der Waals surface area contributed by atoms with Crippen LogP contribution in [-0.2, 0) is 6.42 Å². The van der Waals surface area contributed by atoms with Gasteiger partial charge in [0.05, 0.1) is 0 Å². The third-order valence-corrected chi connectivity index (χ3v) is 4.48. The second-order valence-electron chi connectivity index (χ2n) is 4.47. The summed E-state index contributed by atoms with van der Waals surface area (Å²) in [5, 5.41) is 3.68. The number of nitrogens with one attached hydrogen (secondary N) is 1. The van der Waals surface area contributed by atoms with Crippen molar-refractivity contribution in [1.82, 2.24) is 5.32 Å². The van der Waals surface area contributed by atoms with Gasteiger partial charge in [-0.25, -0.2) is 0 Å². The van der Waals surface area contributed by atoms with E-state index >= 15 is 0 Å². The van der Waals surface area contributed by atoms with E-state index < -0.39 is 0 Å². The van der Waals surface area contributed by atoms with Crippen LogP contribution in [0.5, 0.6) is 0 Å². The minimum absolute atomic E-state index is 0.551. The maximum absolute atomic E-state index is 3.68. The molecule has 0 radical (unpaired) electrons. The Morgan fingerprint density at radius 1 is 1.25 bits per heavy atom. The quantitative estimate of drug-likeness (QED) is 0.744. The Hall–Kier alpha value is -0.340. The maximum Gasteiger partial charge on any atom is 0.0440 e. The van der Waals surface area contributed by atoms with Crippen molar-refractivity contribution in [2.24, 2.45) is 5.92 Å². The molecule has 1 N–H and O–H groups in total. The van der Waals surface area contributed by atoms with Crippen LogP contribution in [-0.4, -0.2) is 6.54 Å². The highest BCUT2D eigenvalue weighted by Crippen LogP contribution is 2.30. The summed E-state index contributed by atoms with van der Waals surface area (Å²) in [6.07, 6.45) is 3.60. The van der Waals surface area contributed by atoms with Gasteiger partial charge in [0.2, 0.25) is 0 Å². The van der Waals surface area contributed by atoms with E-state index in [9.17, 15) is 0 Å². The third-order valence-electron chi connectivity index (χ3n) is 3.16. The van der Waals surface area contributed by atoms with Gasteiger partial charge in [-0.05, 0) is 37.4 Å². The van der Waals surface area contributed by atoms with E-state index in [1.165, 1.54) is 22.6 Å². The molecule has 0 aliphatic carbocycles. The zero-order chi connectivity index (χ0) is 12.0. The summed E-state index contributed by atoms with van der Waals surface area (Å²) in [4.78, 5) is 3.02. The molecule has 0 amide bonds. The van der Waals surface area contributed by atoms with Gasteiger partial charge in [0.1, 0.15) is 0 Å². The van der Waals surface area contributed by atoms with Crippen LogP contribution in [0.25, 0.3) is 0 Å². The highest BCUT2D eigenvalue weighted by Gasteiger charge is 2.18. The number of aryl methyl sites for hydroxylation is 1. The fourth-order valence-electron chi connectivity index (χ4n) is 1.87. The molecule has 92 valence electrons. The molecule has 2 unspecified atom stereocenters. The van der Waals surface area contributed by atoms with Crippen molar-refractivity contribution in [2.75, 3.05) is 6.54 Å². The van der Waals surface area contributed by atoms with Crippen molar-refractivity contribution < 1.29 is 0 Å². The molecule has 2 atom stereocenters. The predicted molar refractivity (Wildman–Crippen MR) is 74.2 cm³/mol. The standard InChI is InChI=1S/C14H25NS/c1-5-10-15-14(11(4)6-2)13-9-8-12(7-3)16-13/h8-9,11,14-15H,5-7,10H2,1-4H3. The first-order chi connectivity index (χ1) is 7.72. The van der Waals surface area contributed by atoms with Crippen LogP contribution in [0.1, 0.15) is 56.3 Å². The highest BCUT2D eigenvalue weighted by atomic mass is 32.1. The summed E-state index contributed by atoms with van der Waals surface area (Å²) >= 11 is 1.97. The molecule has 0 saturated carbocycles. The van der Waals surface area contributed by atoms with Crippen LogP contribution in [0.3, 0.4) is 0 Å². The number of hydrogen-bond acceptors (Lipinski definition) is 2. The van der Waals surface area contributed by atoms with Gasteiger partial charge >= 0.3 is 0 Å². The average molecular weight is 239 g/mol. The summed E-state index contributed by atoms with van der Waals surface area (Å²) in [6.45, 7) is 10.2. The molecule has 2 heteroatoms. The molecule has 0 spiro atoms. The molecule has 0 bridgehead atoms. The summed E-state index contributed by atoms with van der Waals surface area (Å²) < 4.78 is 0. The lowest BCUT2D eigenvalue weighted by Crippen LogP contribution is -2.26. The second kappa shape index (κ2) is 7.08. The number of rotatable bonds is 7. The molecule has 1 aromatic rings. The Kier molecular flexibility index (Phi) is 6.07. The van der Waals surface area contributed by atoms with Gasteiger partial charge in [-0.15, -0.1) is 11.3 Å². The van der Waals surface area contributed by atoms with E-state index in [-0.39, 0.29) is 0 Å². The molecule has 0 saturated heterocycles. The molecule has 0 aromatic carbocycles. The summed E-state index contributed by atoms with van der Waals surface area (Å²) in [5.41, 5.74) is 0. The van der Waals surface area contributed by atoms with E-state index in [2.05, 4.69) is 45.1 Å². The van der Waals surface area contributed by atoms with Gasteiger partial charge in [0.25, 0.3) is 0 Å². The SMILES string of the molecule is CCCNC(c1ccc(CC)s1)C(C)CC. The van der Waals surface area contributed by atoms with Crippen LogP contribution in [0.15, 0.2) is 12.1 Å². The van der Waals surface area contributed by atoms with Crippen molar-refractivity contribution in [3.63, 3.8) is 0 Å². The Bertz CT molecular complexity index is 293. The van der Waals surface area contributed by atoms with Crippen molar-refractivity contribution >= 4 is 11.3 Å². The molecule has 0 aliphatic heterocycles. The topological polar surface area (TPSA) is 12.0 Å². The Morgan fingerprint density at radius 3 is 2.50 bits per heavy atom. The van der Waals surface area contributed by atoms with E-state index in [1.54, 1.807) is 0 Å². The smallest absolute Gasteiger partial charge is 0.0440 e. The van der Waals surface area contributed by atoms with Gasteiger partial charge in [0, 0.05) is 15.8 Å². The monoisotopic (exact) mass is 239 g/mol. The molecule has 1 aromatic heterocycles. The van der Waals surface area contributed by atoms with Crippen molar-refractivity contribution in [3.8, 4) is 0 Å². The van der Waals surface area contributed by atoms with Crippen LogP contribution in [0.4, 0.5) is 0 Å². The van der Waals surface area contributed by atoms with Crippen LogP contribution >= 0.6 is 11.3 Å². The first-order valence-corrected chi connectivity index (χ1v) is 7.36. The normalized spacial score (nSPS) is 15.0. The first-order valence-electron chi connectivity index (χ1n) is 6.54. The molecule has 1 rings (SSSR count). The molecule has 0 aliphatic rings. The molecule has 1 heterocycles.